The van der Waals surface area contributed by atoms with Crippen molar-refractivity contribution in [2.24, 2.45) is 0 Å². The van der Waals surface area contributed by atoms with E-state index in [2.05, 4.69) is 13.8 Å². The highest BCUT2D eigenvalue weighted by Gasteiger charge is 2.44. The summed E-state index contributed by atoms with van der Waals surface area (Å²) in [6.07, 6.45) is 7.40. The quantitative estimate of drug-likeness (QED) is 0.125. The van der Waals surface area contributed by atoms with Gasteiger partial charge < -0.3 is 39.4 Å². The van der Waals surface area contributed by atoms with Gasteiger partial charge in [0.05, 0.1) is 19.8 Å². The van der Waals surface area contributed by atoms with Gasteiger partial charge in [-0.2, -0.15) is 0 Å². The smallest absolute Gasteiger partial charge is 0.306 e. The van der Waals surface area contributed by atoms with Gasteiger partial charge in [-0.05, 0) is 12.8 Å². The van der Waals surface area contributed by atoms with Crippen molar-refractivity contribution in [3.8, 4) is 0 Å². The van der Waals surface area contributed by atoms with Gasteiger partial charge >= 0.3 is 5.97 Å². The molecule has 1 aliphatic heterocycles. The molecule has 0 spiro atoms. The van der Waals surface area contributed by atoms with Crippen LogP contribution in [0.2, 0.25) is 0 Å². The molecule has 0 radical (unpaired) electrons. The minimum Gasteiger partial charge on any atom is -0.457 e. The Labute approximate surface area is 217 Å². The van der Waals surface area contributed by atoms with Gasteiger partial charge in [0.2, 0.25) is 0 Å². The number of carbonyl (C=O) groups is 1. The maximum Gasteiger partial charge on any atom is 0.306 e. The number of hydrogen-bond acceptors (Lipinski definition) is 9. The second kappa shape index (κ2) is 21.2. The second-order valence-electron chi connectivity index (χ2n) is 9.86. The fraction of sp³-hybridized carbons (Fsp3) is 0.963. The van der Waals surface area contributed by atoms with E-state index in [4.69, 9.17) is 18.9 Å². The van der Waals surface area contributed by atoms with E-state index >= 15 is 0 Å². The lowest BCUT2D eigenvalue weighted by molar-refractivity contribution is -0.305. The molecule has 0 bridgehead atoms. The van der Waals surface area contributed by atoms with E-state index in [0.717, 1.165) is 32.1 Å². The summed E-state index contributed by atoms with van der Waals surface area (Å²) >= 11 is 0. The Bertz CT molecular complexity index is 531. The SMILES string of the molecule is CCCCCCCCCC(=O)OC(COCCCCCCCC)COC1OC(CO)C(O)C(O)C1O. The Morgan fingerprint density at radius 3 is 1.97 bits per heavy atom. The molecule has 214 valence electrons. The number of aliphatic hydroxyl groups excluding tert-OH is 4. The summed E-state index contributed by atoms with van der Waals surface area (Å²) in [6, 6.07) is 0. The van der Waals surface area contributed by atoms with Crippen molar-refractivity contribution in [1.82, 2.24) is 0 Å². The first-order valence-corrected chi connectivity index (χ1v) is 14.1. The molecule has 9 heteroatoms. The summed E-state index contributed by atoms with van der Waals surface area (Å²) in [5.74, 6) is -0.325. The van der Waals surface area contributed by atoms with Gasteiger partial charge in [-0.25, -0.2) is 0 Å². The third-order valence-corrected chi connectivity index (χ3v) is 6.52. The topological polar surface area (TPSA) is 135 Å². The fourth-order valence-electron chi connectivity index (χ4n) is 4.19. The van der Waals surface area contributed by atoms with Crippen LogP contribution in [-0.2, 0) is 23.7 Å². The molecule has 6 atom stereocenters. The number of aliphatic hydroxyl groups is 4. The molecule has 0 aromatic rings. The lowest BCUT2D eigenvalue weighted by atomic mass is 9.99. The van der Waals surface area contributed by atoms with E-state index in [1.54, 1.807) is 0 Å². The maximum atomic E-state index is 12.4. The van der Waals surface area contributed by atoms with E-state index in [0.29, 0.717) is 13.0 Å². The highest BCUT2D eigenvalue weighted by molar-refractivity contribution is 5.69. The van der Waals surface area contributed by atoms with Gasteiger partial charge in [-0.15, -0.1) is 0 Å². The molecular weight excluding hydrogens is 468 g/mol. The summed E-state index contributed by atoms with van der Waals surface area (Å²) < 4.78 is 22.3. The van der Waals surface area contributed by atoms with Crippen LogP contribution in [0.5, 0.6) is 0 Å². The number of rotatable bonds is 22. The lowest BCUT2D eigenvalue weighted by Gasteiger charge is -2.39. The van der Waals surface area contributed by atoms with E-state index in [-0.39, 0.29) is 19.2 Å². The zero-order chi connectivity index (χ0) is 26.6. The Morgan fingerprint density at radius 1 is 0.778 bits per heavy atom. The van der Waals surface area contributed by atoms with Crippen LogP contribution in [0.25, 0.3) is 0 Å². The van der Waals surface area contributed by atoms with Gasteiger partial charge in [0.15, 0.2) is 6.29 Å². The lowest BCUT2D eigenvalue weighted by Crippen LogP contribution is -2.59. The van der Waals surface area contributed by atoms with E-state index < -0.39 is 43.4 Å². The first-order valence-electron chi connectivity index (χ1n) is 14.1. The number of unbranched alkanes of at least 4 members (excludes halogenated alkanes) is 11. The number of ether oxygens (including phenoxy) is 4. The van der Waals surface area contributed by atoms with Crippen LogP contribution >= 0.6 is 0 Å². The number of carbonyl (C=O) groups excluding carboxylic acids is 1. The summed E-state index contributed by atoms with van der Waals surface area (Å²) in [5, 5.41) is 39.4. The Balaban J connectivity index is 2.47. The third kappa shape index (κ3) is 14.2. The van der Waals surface area contributed by atoms with Crippen LogP contribution in [0.1, 0.15) is 104 Å². The Morgan fingerprint density at radius 2 is 1.36 bits per heavy atom. The zero-order valence-electron chi connectivity index (χ0n) is 22.5. The number of hydrogen-bond donors (Lipinski definition) is 4. The van der Waals surface area contributed by atoms with Gasteiger partial charge in [0.1, 0.15) is 30.5 Å². The molecule has 1 rings (SSSR count). The normalized spacial score (nSPS) is 25.1. The zero-order valence-corrected chi connectivity index (χ0v) is 22.5. The van der Waals surface area contributed by atoms with Crippen molar-refractivity contribution in [2.45, 2.75) is 141 Å². The summed E-state index contributed by atoms with van der Waals surface area (Å²) in [6.45, 7) is 4.42. The van der Waals surface area contributed by atoms with Crippen molar-refractivity contribution < 1.29 is 44.2 Å². The highest BCUT2D eigenvalue weighted by atomic mass is 16.7. The minimum atomic E-state index is -1.52. The first kappa shape index (κ1) is 33.2. The Hall–Kier alpha value is -0.810. The van der Waals surface area contributed by atoms with E-state index in [1.165, 1.54) is 51.4 Å². The van der Waals surface area contributed by atoms with Crippen molar-refractivity contribution in [3.63, 3.8) is 0 Å². The van der Waals surface area contributed by atoms with Gasteiger partial charge in [-0.1, -0.05) is 84.5 Å². The largest absolute Gasteiger partial charge is 0.457 e. The molecular formula is C27H52O9. The van der Waals surface area contributed by atoms with Gasteiger partial charge in [-0.3, -0.25) is 4.79 Å². The summed E-state index contributed by atoms with van der Waals surface area (Å²) in [5.41, 5.74) is 0. The molecule has 0 amide bonds. The van der Waals surface area contributed by atoms with Crippen LogP contribution in [0, 0.1) is 0 Å². The standard InChI is InChI=1S/C27H52O9/c1-3-5-7-9-11-12-14-16-23(29)35-21(19-33-17-15-13-10-8-6-4-2)20-34-27-26(32)25(31)24(30)22(18-28)36-27/h21-22,24-28,30-32H,3-20H2,1-2H3. The van der Waals surface area contributed by atoms with Crippen LogP contribution in [0.4, 0.5) is 0 Å². The molecule has 6 unspecified atom stereocenters. The molecule has 1 saturated heterocycles. The predicted molar refractivity (Wildman–Crippen MR) is 136 cm³/mol. The highest BCUT2D eigenvalue weighted by Crippen LogP contribution is 2.22. The Kier molecular flexibility index (Phi) is 19.5. The first-order chi connectivity index (χ1) is 17.4. The molecule has 0 saturated carbocycles. The van der Waals surface area contributed by atoms with Crippen LogP contribution in [0.3, 0.4) is 0 Å². The predicted octanol–water partition coefficient (Wildman–Crippen LogP) is 3.23. The van der Waals surface area contributed by atoms with Crippen molar-refractivity contribution in [2.75, 3.05) is 26.4 Å². The third-order valence-electron chi connectivity index (χ3n) is 6.52. The molecule has 9 nitrogen and oxygen atoms in total. The average Bonchev–Trinajstić information content (AvgIpc) is 2.87. The summed E-state index contributed by atoms with van der Waals surface area (Å²) in [4.78, 5) is 12.4. The molecule has 0 aromatic heterocycles. The maximum absolute atomic E-state index is 12.4. The molecule has 4 N–H and O–H groups in total. The summed E-state index contributed by atoms with van der Waals surface area (Å²) in [7, 11) is 0. The molecule has 1 aliphatic rings. The van der Waals surface area contributed by atoms with E-state index in [1.807, 2.05) is 0 Å². The molecule has 1 fully saturated rings. The van der Waals surface area contributed by atoms with Crippen LogP contribution in [0.15, 0.2) is 0 Å². The van der Waals surface area contributed by atoms with Gasteiger partial charge in [0, 0.05) is 13.0 Å². The monoisotopic (exact) mass is 520 g/mol. The van der Waals surface area contributed by atoms with Crippen molar-refractivity contribution in [3.05, 3.63) is 0 Å². The fourth-order valence-corrected chi connectivity index (χ4v) is 4.19. The van der Waals surface area contributed by atoms with Gasteiger partial charge in [0.25, 0.3) is 0 Å². The molecule has 1 heterocycles. The average molecular weight is 521 g/mol. The molecule has 36 heavy (non-hydrogen) atoms. The number of esters is 1. The van der Waals surface area contributed by atoms with Crippen LogP contribution in [-0.4, -0.2) is 89.6 Å². The molecule has 0 aliphatic carbocycles. The molecule has 0 aromatic carbocycles. The van der Waals surface area contributed by atoms with Crippen LogP contribution < -0.4 is 0 Å². The van der Waals surface area contributed by atoms with Crippen molar-refractivity contribution in [1.29, 1.82) is 0 Å². The minimum absolute atomic E-state index is 0.109. The van der Waals surface area contributed by atoms with Crippen molar-refractivity contribution >= 4 is 5.97 Å². The second-order valence-corrected chi connectivity index (χ2v) is 9.86. The van der Waals surface area contributed by atoms with E-state index in [9.17, 15) is 25.2 Å².